The SMILES string of the molecule is Cc1cc(Oc2cnc(N)cn2)ccc1C(C)C. The van der Waals surface area contributed by atoms with Crippen LogP contribution in [0.25, 0.3) is 0 Å². The first kappa shape index (κ1) is 12.4. The molecule has 0 aliphatic rings. The third-order valence-electron chi connectivity index (χ3n) is 2.73. The van der Waals surface area contributed by atoms with Gasteiger partial charge < -0.3 is 10.5 Å². The van der Waals surface area contributed by atoms with Gasteiger partial charge in [0.25, 0.3) is 0 Å². The Morgan fingerprint density at radius 2 is 1.94 bits per heavy atom. The molecule has 4 heteroatoms. The second-order valence-electron chi connectivity index (χ2n) is 4.55. The number of nitrogens with zero attached hydrogens (tertiary/aromatic N) is 2. The van der Waals surface area contributed by atoms with Crippen molar-refractivity contribution in [3.63, 3.8) is 0 Å². The Balaban J connectivity index is 2.20. The minimum Gasteiger partial charge on any atom is -0.437 e. The standard InChI is InChI=1S/C14H17N3O/c1-9(2)12-5-4-11(6-10(12)3)18-14-8-16-13(15)7-17-14/h4-9H,1-3H3,(H2,15,16). The number of ether oxygens (including phenoxy) is 1. The summed E-state index contributed by atoms with van der Waals surface area (Å²) in [6, 6.07) is 6.04. The van der Waals surface area contributed by atoms with Crippen LogP contribution >= 0.6 is 0 Å². The third-order valence-corrected chi connectivity index (χ3v) is 2.73. The third kappa shape index (κ3) is 2.77. The van der Waals surface area contributed by atoms with E-state index in [2.05, 4.69) is 36.8 Å². The van der Waals surface area contributed by atoms with Gasteiger partial charge in [-0.2, -0.15) is 0 Å². The predicted octanol–water partition coefficient (Wildman–Crippen LogP) is 3.28. The van der Waals surface area contributed by atoms with Crippen molar-refractivity contribution in [3.05, 3.63) is 41.7 Å². The summed E-state index contributed by atoms with van der Waals surface area (Å²) in [7, 11) is 0. The van der Waals surface area contributed by atoms with E-state index < -0.39 is 0 Å². The van der Waals surface area contributed by atoms with Gasteiger partial charge in [0.15, 0.2) is 0 Å². The zero-order valence-electron chi connectivity index (χ0n) is 10.8. The van der Waals surface area contributed by atoms with E-state index in [0.29, 0.717) is 17.6 Å². The molecule has 1 aromatic heterocycles. The molecule has 2 N–H and O–H groups in total. The van der Waals surface area contributed by atoms with Crippen molar-refractivity contribution < 1.29 is 4.74 Å². The van der Waals surface area contributed by atoms with Gasteiger partial charge in [-0.15, -0.1) is 0 Å². The smallest absolute Gasteiger partial charge is 0.237 e. The van der Waals surface area contributed by atoms with Crippen molar-refractivity contribution in [1.29, 1.82) is 0 Å². The second-order valence-corrected chi connectivity index (χ2v) is 4.55. The molecule has 4 nitrogen and oxygen atoms in total. The first-order valence-electron chi connectivity index (χ1n) is 5.92. The molecular formula is C14H17N3O. The Labute approximate surface area is 107 Å². The maximum atomic E-state index is 5.62. The molecule has 1 heterocycles. The quantitative estimate of drug-likeness (QED) is 0.898. The Bertz CT molecular complexity index is 535. The number of benzene rings is 1. The Morgan fingerprint density at radius 1 is 1.17 bits per heavy atom. The Hall–Kier alpha value is -2.10. The molecule has 0 atom stereocenters. The molecule has 0 saturated carbocycles. The van der Waals surface area contributed by atoms with Gasteiger partial charge in [0.2, 0.25) is 5.88 Å². The van der Waals surface area contributed by atoms with Gasteiger partial charge in [-0.25, -0.2) is 9.97 Å². The summed E-state index contributed by atoms with van der Waals surface area (Å²) < 4.78 is 5.62. The predicted molar refractivity (Wildman–Crippen MR) is 71.8 cm³/mol. The molecular weight excluding hydrogens is 226 g/mol. The van der Waals surface area contributed by atoms with Crippen LogP contribution in [-0.4, -0.2) is 9.97 Å². The van der Waals surface area contributed by atoms with Crippen molar-refractivity contribution in [2.75, 3.05) is 5.73 Å². The fourth-order valence-electron chi connectivity index (χ4n) is 1.86. The molecule has 2 aromatic rings. The van der Waals surface area contributed by atoms with Crippen molar-refractivity contribution >= 4 is 5.82 Å². The lowest BCUT2D eigenvalue weighted by Crippen LogP contribution is -1.95. The van der Waals surface area contributed by atoms with E-state index in [-0.39, 0.29) is 0 Å². The van der Waals surface area contributed by atoms with Gasteiger partial charge in [0, 0.05) is 0 Å². The van der Waals surface area contributed by atoms with Crippen molar-refractivity contribution in [1.82, 2.24) is 9.97 Å². The number of aryl methyl sites for hydroxylation is 1. The van der Waals surface area contributed by atoms with E-state index in [9.17, 15) is 0 Å². The van der Waals surface area contributed by atoms with Crippen LogP contribution in [0.2, 0.25) is 0 Å². The van der Waals surface area contributed by atoms with Gasteiger partial charge in [0.1, 0.15) is 11.6 Å². The maximum absolute atomic E-state index is 5.62. The van der Waals surface area contributed by atoms with Crippen LogP contribution in [-0.2, 0) is 0 Å². The van der Waals surface area contributed by atoms with Crippen LogP contribution in [0, 0.1) is 6.92 Å². The number of hydrogen-bond acceptors (Lipinski definition) is 4. The lowest BCUT2D eigenvalue weighted by molar-refractivity contribution is 0.460. The summed E-state index contributed by atoms with van der Waals surface area (Å²) >= 11 is 0. The molecule has 0 saturated heterocycles. The van der Waals surface area contributed by atoms with E-state index in [1.54, 1.807) is 0 Å². The maximum Gasteiger partial charge on any atom is 0.237 e. The topological polar surface area (TPSA) is 61.0 Å². The van der Waals surface area contributed by atoms with Crippen molar-refractivity contribution in [2.24, 2.45) is 0 Å². The van der Waals surface area contributed by atoms with Gasteiger partial charge in [-0.1, -0.05) is 19.9 Å². The molecule has 0 fully saturated rings. The summed E-state index contributed by atoms with van der Waals surface area (Å²) in [5.41, 5.74) is 8.01. The fraction of sp³-hybridized carbons (Fsp3) is 0.286. The molecule has 0 aliphatic heterocycles. The molecule has 0 radical (unpaired) electrons. The van der Waals surface area contributed by atoms with E-state index >= 15 is 0 Å². The van der Waals surface area contributed by atoms with E-state index in [1.807, 2.05) is 12.1 Å². The normalized spacial score (nSPS) is 10.7. The highest BCUT2D eigenvalue weighted by Gasteiger charge is 2.06. The number of rotatable bonds is 3. The summed E-state index contributed by atoms with van der Waals surface area (Å²) in [4.78, 5) is 7.98. The first-order chi connectivity index (χ1) is 8.56. The molecule has 0 unspecified atom stereocenters. The number of nitrogen functional groups attached to an aromatic ring is 1. The molecule has 1 aromatic carbocycles. The average Bonchev–Trinajstić information content (AvgIpc) is 2.32. The highest BCUT2D eigenvalue weighted by molar-refractivity contribution is 5.38. The fourth-order valence-corrected chi connectivity index (χ4v) is 1.86. The minimum absolute atomic E-state index is 0.383. The molecule has 0 bridgehead atoms. The molecule has 2 rings (SSSR count). The second kappa shape index (κ2) is 5.04. The summed E-state index contributed by atoms with van der Waals surface area (Å²) in [6.45, 7) is 6.43. The Morgan fingerprint density at radius 3 is 2.50 bits per heavy atom. The lowest BCUT2D eigenvalue weighted by Gasteiger charge is -2.11. The van der Waals surface area contributed by atoms with E-state index in [4.69, 9.17) is 10.5 Å². The minimum atomic E-state index is 0.383. The molecule has 0 aliphatic carbocycles. The van der Waals surface area contributed by atoms with Gasteiger partial charge in [-0.05, 0) is 36.1 Å². The van der Waals surface area contributed by atoms with Crippen molar-refractivity contribution in [3.8, 4) is 11.6 Å². The highest BCUT2D eigenvalue weighted by atomic mass is 16.5. The molecule has 0 amide bonds. The zero-order chi connectivity index (χ0) is 13.1. The van der Waals surface area contributed by atoms with Crippen LogP contribution in [0.15, 0.2) is 30.6 Å². The van der Waals surface area contributed by atoms with Crippen molar-refractivity contribution in [2.45, 2.75) is 26.7 Å². The summed E-state index contributed by atoms with van der Waals surface area (Å²) in [6.07, 6.45) is 2.99. The Kier molecular flexibility index (Phi) is 3.46. The zero-order valence-corrected chi connectivity index (χ0v) is 10.8. The highest BCUT2D eigenvalue weighted by Crippen LogP contribution is 2.25. The van der Waals surface area contributed by atoms with E-state index in [1.165, 1.54) is 23.5 Å². The number of aromatic nitrogens is 2. The molecule has 18 heavy (non-hydrogen) atoms. The van der Waals surface area contributed by atoms with Gasteiger partial charge in [0.05, 0.1) is 12.4 Å². The monoisotopic (exact) mass is 243 g/mol. The molecule has 94 valence electrons. The van der Waals surface area contributed by atoms with Crippen LogP contribution in [0.5, 0.6) is 11.6 Å². The van der Waals surface area contributed by atoms with E-state index in [0.717, 1.165) is 5.75 Å². The van der Waals surface area contributed by atoms with Crippen LogP contribution in [0.1, 0.15) is 30.9 Å². The van der Waals surface area contributed by atoms with Gasteiger partial charge in [-0.3, -0.25) is 0 Å². The lowest BCUT2D eigenvalue weighted by atomic mass is 9.98. The molecule has 0 spiro atoms. The van der Waals surface area contributed by atoms with Crippen LogP contribution < -0.4 is 10.5 Å². The number of hydrogen-bond donors (Lipinski definition) is 1. The van der Waals surface area contributed by atoms with Gasteiger partial charge >= 0.3 is 0 Å². The van der Waals surface area contributed by atoms with Crippen LogP contribution in [0.3, 0.4) is 0 Å². The average molecular weight is 243 g/mol. The summed E-state index contributed by atoms with van der Waals surface area (Å²) in [5.74, 6) is 2.10. The number of anilines is 1. The van der Waals surface area contributed by atoms with Crippen LogP contribution in [0.4, 0.5) is 5.82 Å². The largest absolute Gasteiger partial charge is 0.437 e. The first-order valence-corrected chi connectivity index (χ1v) is 5.92. The number of nitrogens with two attached hydrogens (primary N) is 1. The summed E-state index contributed by atoms with van der Waals surface area (Å²) in [5, 5.41) is 0.